The Morgan fingerprint density at radius 3 is 2.58 bits per heavy atom. The van der Waals surface area contributed by atoms with Crippen molar-refractivity contribution in [3.05, 3.63) is 97.2 Å². The minimum absolute atomic E-state index is 0.227. The lowest BCUT2D eigenvalue weighted by molar-refractivity contribution is -0.136. The van der Waals surface area contributed by atoms with E-state index in [4.69, 9.17) is 9.47 Å². The number of thioether (sulfide) groups is 1. The molecule has 0 aliphatic carbocycles. The van der Waals surface area contributed by atoms with E-state index in [0.717, 1.165) is 37.8 Å². The van der Waals surface area contributed by atoms with Crippen LogP contribution in [-0.4, -0.2) is 46.5 Å². The predicted molar refractivity (Wildman–Crippen MR) is 159 cm³/mol. The molecule has 3 aromatic rings. The van der Waals surface area contributed by atoms with Crippen LogP contribution in [0.15, 0.2) is 65.6 Å². The lowest BCUT2D eigenvalue weighted by atomic mass is 10.00. The van der Waals surface area contributed by atoms with Gasteiger partial charge >= 0.3 is 0 Å². The molecule has 1 fully saturated rings. The molecule has 40 heavy (non-hydrogen) atoms. The van der Waals surface area contributed by atoms with E-state index in [0.29, 0.717) is 36.8 Å². The molecule has 7 nitrogen and oxygen atoms in total. The normalized spacial score (nSPS) is 15.9. The monoisotopic (exact) mass is 672 g/mol. The summed E-state index contributed by atoms with van der Waals surface area (Å²) in [5.41, 5.74) is 3.77. The van der Waals surface area contributed by atoms with E-state index < -0.39 is 11.1 Å². The second-order valence-electron chi connectivity index (χ2n) is 9.28. The number of ether oxygens (including phenoxy) is 2. The first kappa shape index (κ1) is 28.2. The average Bonchev–Trinajstić information content (AvgIpc) is 3.20. The van der Waals surface area contributed by atoms with Gasteiger partial charge in [0, 0.05) is 13.1 Å². The number of halogens is 2. The summed E-state index contributed by atoms with van der Waals surface area (Å²) in [5.74, 6) is -0.0451. The minimum atomic E-state index is -0.495. The van der Waals surface area contributed by atoms with Crippen LogP contribution in [0.2, 0.25) is 0 Å². The van der Waals surface area contributed by atoms with Crippen molar-refractivity contribution in [3.63, 3.8) is 0 Å². The summed E-state index contributed by atoms with van der Waals surface area (Å²) in [6.45, 7) is 3.21. The van der Waals surface area contributed by atoms with Crippen LogP contribution >= 0.6 is 34.4 Å². The van der Waals surface area contributed by atoms with Gasteiger partial charge in [-0.2, -0.15) is 0 Å². The van der Waals surface area contributed by atoms with Crippen molar-refractivity contribution in [3.8, 4) is 11.5 Å². The van der Waals surface area contributed by atoms with Gasteiger partial charge in [0.1, 0.15) is 19.0 Å². The smallest absolute Gasteiger partial charge is 0.294 e. The maximum atomic E-state index is 13.2. The highest BCUT2D eigenvalue weighted by molar-refractivity contribution is 14.1. The zero-order chi connectivity index (χ0) is 28.2. The Morgan fingerprint density at radius 2 is 1.82 bits per heavy atom. The fourth-order valence-corrected chi connectivity index (χ4v) is 6.16. The quantitative estimate of drug-likeness (QED) is 0.215. The van der Waals surface area contributed by atoms with Gasteiger partial charge in [-0.15, -0.1) is 0 Å². The zero-order valence-corrected chi connectivity index (χ0v) is 24.7. The van der Waals surface area contributed by atoms with Crippen molar-refractivity contribution < 1.29 is 28.2 Å². The first-order valence-corrected chi connectivity index (χ1v) is 14.7. The van der Waals surface area contributed by atoms with Crippen molar-refractivity contribution >= 4 is 57.5 Å². The molecule has 3 amide bonds. The predicted octanol–water partition coefficient (Wildman–Crippen LogP) is 6.03. The summed E-state index contributed by atoms with van der Waals surface area (Å²) in [4.78, 5) is 41.8. The number of hydrogen-bond acceptors (Lipinski definition) is 6. The van der Waals surface area contributed by atoms with Gasteiger partial charge in [0.2, 0.25) is 5.91 Å². The third kappa shape index (κ3) is 6.33. The molecule has 5 rings (SSSR count). The number of imide groups is 1. The van der Waals surface area contributed by atoms with Crippen LogP contribution in [0.3, 0.4) is 0 Å². The summed E-state index contributed by atoms with van der Waals surface area (Å²) >= 11 is 2.94. The number of rotatable bonds is 8. The highest BCUT2D eigenvalue weighted by Gasteiger charge is 2.37. The molecule has 3 aromatic carbocycles. The molecule has 0 N–H and O–H groups in total. The molecule has 0 radical (unpaired) electrons. The molecule has 0 bridgehead atoms. The summed E-state index contributed by atoms with van der Waals surface area (Å²) in [5, 5.41) is -0.471. The van der Waals surface area contributed by atoms with Crippen molar-refractivity contribution in [2.24, 2.45) is 0 Å². The Hall–Kier alpha value is -3.38. The number of nitrogens with zero attached hydrogens (tertiary/aromatic N) is 2. The van der Waals surface area contributed by atoms with E-state index in [1.807, 2.05) is 31.2 Å². The van der Waals surface area contributed by atoms with E-state index in [1.54, 1.807) is 29.2 Å². The second kappa shape index (κ2) is 12.4. The van der Waals surface area contributed by atoms with Crippen LogP contribution in [0.1, 0.15) is 29.2 Å². The Bertz CT molecular complexity index is 1490. The van der Waals surface area contributed by atoms with E-state index in [-0.39, 0.29) is 29.8 Å². The van der Waals surface area contributed by atoms with Crippen LogP contribution in [-0.2, 0) is 29.2 Å². The summed E-state index contributed by atoms with van der Waals surface area (Å²) < 4.78 is 25.8. The zero-order valence-electron chi connectivity index (χ0n) is 21.7. The van der Waals surface area contributed by atoms with E-state index in [9.17, 15) is 18.8 Å². The molecule has 2 aliphatic rings. The first-order valence-electron chi connectivity index (χ1n) is 12.8. The van der Waals surface area contributed by atoms with E-state index >= 15 is 0 Å². The van der Waals surface area contributed by atoms with Crippen molar-refractivity contribution in [1.29, 1.82) is 0 Å². The van der Waals surface area contributed by atoms with Gasteiger partial charge in [-0.1, -0.05) is 36.4 Å². The van der Waals surface area contributed by atoms with E-state index in [2.05, 4.69) is 28.7 Å². The van der Waals surface area contributed by atoms with Gasteiger partial charge in [-0.3, -0.25) is 19.3 Å². The third-order valence-electron chi connectivity index (χ3n) is 6.58. The summed E-state index contributed by atoms with van der Waals surface area (Å²) in [6.07, 6.45) is 2.37. The molecule has 0 atom stereocenters. The maximum absolute atomic E-state index is 13.2. The number of fused-ring (bicyclic) bond motifs is 1. The van der Waals surface area contributed by atoms with Crippen molar-refractivity contribution in [1.82, 2.24) is 9.80 Å². The molecule has 0 saturated carbocycles. The molecular weight excluding hydrogens is 646 g/mol. The lowest BCUT2D eigenvalue weighted by Crippen LogP contribution is -2.44. The Kier molecular flexibility index (Phi) is 8.75. The topological polar surface area (TPSA) is 76.2 Å². The molecule has 10 heteroatoms. The fraction of sp³-hybridized carbons (Fsp3) is 0.233. The van der Waals surface area contributed by atoms with Crippen molar-refractivity contribution in [2.75, 3.05) is 19.7 Å². The van der Waals surface area contributed by atoms with Gasteiger partial charge in [-0.05, 0) is 100 Å². The molecule has 2 heterocycles. The average molecular weight is 673 g/mol. The van der Waals surface area contributed by atoms with Crippen LogP contribution in [0.5, 0.6) is 11.5 Å². The summed E-state index contributed by atoms with van der Waals surface area (Å²) in [7, 11) is 0. The molecule has 1 saturated heterocycles. The SMILES string of the molecule is CCOc1cc(/C=C2\SC(=O)N(CC(=O)N3CCc4ccccc4C3)C2=O)cc(I)c1OCc1ccc(F)cc1. The highest BCUT2D eigenvalue weighted by Crippen LogP contribution is 2.38. The molecule has 0 aromatic heterocycles. The van der Waals surface area contributed by atoms with Crippen molar-refractivity contribution in [2.45, 2.75) is 26.5 Å². The number of carbonyl (C=O) groups excluding carboxylic acids is 3. The Morgan fingerprint density at radius 1 is 1.07 bits per heavy atom. The lowest BCUT2D eigenvalue weighted by Gasteiger charge is -2.29. The second-order valence-corrected chi connectivity index (χ2v) is 11.4. The molecular formula is C30H26FIN2O5S. The van der Waals surface area contributed by atoms with Gasteiger partial charge in [-0.25, -0.2) is 4.39 Å². The van der Waals surface area contributed by atoms with E-state index in [1.165, 1.54) is 17.7 Å². The van der Waals surface area contributed by atoms with Gasteiger partial charge in [0.05, 0.1) is 15.1 Å². The standard InChI is InChI=1S/C30H26FIN2O5S/c1-2-38-25-14-20(13-24(32)28(25)39-18-19-7-9-23(31)10-8-19)15-26-29(36)34(30(37)40-26)17-27(35)33-12-11-21-5-3-4-6-22(21)16-33/h3-10,13-15H,2,11-12,16-18H2,1H3/b26-15-. The molecule has 0 unspecified atom stereocenters. The molecule has 0 spiro atoms. The highest BCUT2D eigenvalue weighted by atomic mass is 127. The van der Waals surface area contributed by atoms with Crippen LogP contribution in [0.4, 0.5) is 9.18 Å². The van der Waals surface area contributed by atoms with Crippen LogP contribution in [0.25, 0.3) is 6.08 Å². The van der Waals surface area contributed by atoms with Gasteiger partial charge in [0.15, 0.2) is 11.5 Å². The Balaban J connectivity index is 1.29. The van der Waals surface area contributed by atoms with Gasteiger partial charge in [0.25, 0.3) is 11.1 Å². The molecule has 2 aliphatic heterocycles. The number of hydrogen-bond donors (Lipinski definition) is 0. The minimum Gasteiger partial charge on any atom is -0.490 e. The van der Waals surface area contributed by atoms with Gasteiger partial charge < -0.3 is 14.4 Å². The first-order chi connectivity index (χ1) is 19.3. The largest absolute Gasteiger partial charge is 0.490 e. The third-order valence-corrected chi connectivity index (χ3v) is 8.28. The number of carbonyl (C=O) groups is 3. The molecule has 206 valence electrons. The maximum Gasteiger partial charge on any atom is 0.294 e. The van der Waals surface area contributed by atoms with Crippen LogP contribution < -0.4 is 9.47 Å². The number of benzene rings is 3. The van der Waals surface area contributed by atoms with Crippen LogP contribution in [0, 0.1) is 9.39 Å². The Labute approximate surface area is 249 Å². The fourth-order valence-electron chi connectivity index (χ4n) is 4.54. The summed E-state index contributed by atoms with van der Waals surface area (Å²) in [6, 6.07) is 17.6. The number of amides is 3.